The van der Waals surface area contributed by atoms with Gasteiger partial charge in [0.15, 0.2) is 0 Å². The SMILES string of the molecule is CCC(N)c1ncc(-c2ccc(C#N)cc2)[nH]1. The van der Waals surface area contributed by atoms with E-state index in [1.165, 1.54) is 0 Å². The minimum absolute atomic E-state index is 0.0536. The molecule has 1 atom stereocenters. The number of nitrogens with two attached hydrogens (primary N) is 1. The van der Waals surface area contributed by atoms with E-state index in [1.54, 1.807) is 18.3 Å². The Labute approximate surface area is 100 Å². The Bertz CT molecular complexity index is 533. The maximum Gasteiger partial charge on any atom is 0.123 e. The van der Waals surface area contributed by atoms with Gasteiger partial charge in [-0.25, -0.2) is 4.98 Å². The molecule has 0 bridgehead atoms. The van der Waals surface area contributed by atoms with Gasteiger partial charge < -0.3 is 10.7 Å². The van der Waals surface area contributed by atoms with Crippen LogP contribution in [0.5, 0.6) is 0 Å². The van der Waals surface area contributed by atoms with E-state index in [1.807, 2.05) is 19.1 Å². The number of imidazole rings is 1. The van der Waals surface area contributed by atoms with Crippen LogP contribution in [0.4, 0.5) is 0 Å². The fourth-order valence-electron chi connectivity index (χ4n) is 1.59. The Balaban J connectivity index is 2.28. The van der Waals surface area contributed by atoms with Crippen molar-refractivity contribution >= 4 is 0 Å². The number of aromatic nitrogens is 2. The summed E-state index contributed by atoms with van der Waals surface area (Å²) in [4.78, 5) is 7.46. The highest BCUT2D eigenvalue weighted by atomic mass is 15.0. The lowest BCUT2D eigenvalue weighted by Crippen LogP contribution is -2.10. The summed E-state index contributed by atoms with van der Waals surface area (Å²) in [6.07, 6.45) is 2.62. The fourth-order valence-corrected chi connectivity index (χ4v) is 1.59. The summed E-state index contributed by atoms with van der Waals surface area (Å²) >= 11 is 0. The molecule has 0 aliphatic rings. The monoisotopic (exact) mass is 226 g/mol. The number of benzene rings is 1. The second kappa shape index (κ2) is 4.81. The van der Waals surface area contributed by atoms with Crippen molar-refractivity contribution in [1.82, 2.24) is 9.97 Å². The maximum absolute atomic E-state index is 8.72. The third kappa shape index (κ3) is 2.35. The second-order valence-electron chi connectivity index (χ2n) is 3.89. The number of nitriles is 1. The third-order valence-corrected chi connectivity index (χ3v) is 2.71. The van der Waals surface area contributed by atoms with Crippen LogP contribution in [0.1, 0.15) is 30.8 Å². The van der Waals surface area contributed by atoms with E-state index in [4.69, 9.17) is 11.0 Å². The Morgan fingerprint density at radius 1 is 1.41 bits per heavy atom. The molecule has 4 nitrogen and oxygen atoms in total. The summed E-state index contributed by atoms with van der Waals surface area (Å²) in [6, 6.07) is 9.41. The molecule has 0 fully saturated rings. The number of hydrogen-bond donors (Lipinski definition) is 2. The molecule has 0 aliphatic heterocycles. The predicted molar refractivity (Wildman–Crippen MR) is 66.0 cm³/mol. The van der Waals surface area contributed by atoms with Gasteiger partial charge >= 0.3 is 0 Å². The average molecular weight is 226 g/mol. The molecule has 0 spiro atoms. The average Bonchev–Trinajstić information content (AvgIpc) is 2.87. The van der Waals surface area contributed by atoms with Gasteiger partial charge in [-0.05, 0) is 24.1 Å². The van der Waals surface area contributed by atoms with Crippen LogP contribution < -0.4 is 5.73 Å². The zero-order chi connectivity index (χ0) is 12.3. The van der Waals surface area contributed by atoms with Crippen molar-refractivity contribution in [2.75, 3.05) is 0 Å². The number of aromatic amines is 1. The first-order chi connectivity index (χ1) is 8.24. The van der Waals surface area contributed by atoms with Crippen LogP contribution in [0.15, 0.2) is 30.5 Å². The lowest BCUT2D eigenvalue weighted by molar-refractivity contribution is 0.658. The molecule has 0 radical (unpaired) electrons. The van der Waals surface area contributed by atoms with Gasteiger partial charge in [-0.15, -0.1) is 0 Å². The summed E-state index contributed by atoms with van der Waals surface area (Å²) in [5, 5.41) is 8.72. The number of hydrogen-bond acceptors (Lipinski definition) is 3. The van der Waals surface area contributed by atoms with Crippen molar-refractivity contribution in [3.05, 3.63) is 41.9 Å². The molecule has 1 aromatic carbocycles. The Morgan fingerprint density at radius 3 is 2.71 bits per heavy atom. The first-order valence-corrected chi connectivity index (χ1v) is 5.55. The van der Waals surface area contributed by atoms with Crippen LogP contribution in [-0.4, -0.2) is 9.97 Å². The molecule has 2 rings (SSSR count). The molecular formula is C13H14N4. The van der Waals surface area contributed by atoms with E-state index in [-0.39, 0.29) is 6.04 Å². The van der Waals surface area contributed by atoms with Crippen molar-refractivity contribution in [1.29, 1.82) is 5.26 Å². The first-order valence-electron chi connectivity index (χ1n) is 5.55. The second-order valence-corrected chi connectivity index (χ2v) is 3.89. The number of nitrogens with zero attached hydrogens (tertiary/aromatic N) is 2. The van der Waals surface area contributed by atoms with Gasteiger partial charge in [0, 0.05) is 0 Å². The minimum atomic E-state index is -0.0536. The highest BCUT2D eigenvalue weighted by Crippen LogP contribution is 2.19. The molecule has 17 heavy (non-hydrogen) atoms. The first kappa shape index (κ1) is 11.4. The molecule has 3 N–H and O–H groups in total. The molecule has 1 heterocycles. The van der Waals surface area contributed by atoms with Crippen molar-refractivity contribution < 1.29 is 0 Å². The Kier molecular flexibility index (Phi) is 3.22. The largest absolute Gasteiger partial charge is 0.341 e. The molecule has 0 saturated heterocycles. The standard InChI is InChI=1S/C13H14N4/c1-2-11(15)13-16-8-12(17-13)10-5-3-9(7-14)4-6-10/h3-6,8,11H,2,15H2,1H3,(H,16,17). The summed E-state index contributed by atoms with van der Waals surface area (Å²) in [5.41, 5.74) is 8.48. The summed E-state index contributed by atoms with van der Waals surface area (Å²) in [7, 11) is 0. The van der Waals surface area contributed by atoms with E-state index in [2.05, 4.69) is 16.0 Å². The van der Waals surface area contributed by atoms with Gasteiger partial charge in [0.05, 0.1) is 29.6 Å². The van der Waals surface area contributed by atoms with Crippen molar-refractivity contribution in [2.45, 2.75) is 19.4 Å². The van der Waals surface area contributed by atoms with Gasteiger partial charge in [0.1, 0.15) is 5.82 Å². The number of H-pyrrole nitrogens is 1. The van der Waals surface area contributed by atoms with Crippen LogP contribution >= 0.6 is 0 Å². The predicted octanol–water partition coefficient (Wildman–Crippen LogP) is 2.36. The van der Waals surface area contributed by atoms with Gasteiger partial charge in [-0.2, -0.15) is 5.26 Å². The fraction of sp³-hybridized carbons (Fsp3) is 0.231. The van der Waals surface area contributed by atoms with E-state index in [0.29, 0.717) is 5.56 Å². The van der Waals surface area contributed by atoms with Gasteiger partial charge in [0.2, 0.25) is 0 Å². The molecule has 86 valence electrons. The van der Waals surface area contributed by atoms with Crippen molar-refractivity contribution in [3.63, 3.8) is 0 Å². The summed E-state index contributed by atoms with van der Waals surface area (Å²) in [6.45, 7) is 2.02. The third-order valence-electron chi connectivity index (χ3n) is 2.71. The van der Waals surface area contributed by atoms with Crippen LogP contribution in [-0.2, 0) is 0 Å². The Hall–Kier alpha value is -2.12. The molecular weight excluding hydrogens is 212 g/mol. The highest BCUT2D eigenvalue weighted by Gasteiger charge is 2.08. The molecule has 0 amide bonds. The maximum atomic E-state index is 8.72. The lowest BCUT2D eigenvalue weighted by Gasteiger charge is -2.03. The van der Waals surface area contributed by atoms with E-state index >= 15 is 0 Å². The zero-order valence-corrected chi connectivity index (χ0v) is 9.64. The highest BCUT2D eigenvalue weighted by molar-refractivity contribution is 5.59. The van der Waals surface area contributed by atoms with Gasteiger partial charge in [-0.3, -0.25) is 0 Å². The zero-order valence-electron chi connectivity index (χ0n) is 9.64. The quantitative estimate of drug-likeness (QED) is 0.843. The topological polar surface area (TPSA) is 78.5 Å². The minimum Gasteiger partial charge on any atom is -0.341 e. The van der Waals surface area contributed by atoms with E-state index < -0.39 is 0 Å². The van der Waals surface area contributed by atoms with E-state index in [9.17, 15) is 0 Å². The smallest absolute Gasteiger partial charge is 0.123 e. The Morgan fingerprint density at radius 2 is 2.12 bits per heavy atom. The van der Waals surface area contributed by atoms with Gasteiger partial charge in [-0.1, -0.05) is 19.1 Å². The van der Waals surface area contributed by atoms with Crippen molar-refractivity contribution in [2.24, 2.45) is 5.73 Å². The van der Waals surface area contributed by atoms with Crippen molar-refractivity contribution in [3.8, 4) is 17.3 Å². The molecule has 2 aromatic rings. The van der Waals surface area contributed by atoms with Crippen LogP contribution in [0.25, 0.3) is 11.3 Å². The number of nitrogens with one attached hydrogen (secondary N) is 1. The van der Waals surface area contributed by atoms with Crippen LogP contribution in [0.2, 0.25) is 0 Å². The normalized spacial score (nSPS) is 12.1. The van der Waals surface area contributed by atoms with E-state index in [0.717, 1.165) is 23.5 Å². The van der Waals surface area contributed by atoms with Crippen LogP contribution in [0, 0.1) is 11.3 Å². The lowest BCUT2D eigenvalue weighted by atomic mass is 10.1. The van der Waals surface area contributed by atoms with Gasteiger partial charge in [0.25, 0.3) is 0 Å². The molecule has 1 unspecified atom stereocenters. The van der Waals surface area contributed by atoms with Crippen LogP contribution in [0.3, 0.4) is 0 Å². The molecule has 0 saturated carbocycles. The summed E-state index contributed by atoms with van der Waals surface area (Å²) in [5.74, 6) is 0.798. The molecule has 4 heteroatoms. The number of rotatable bonds is 3. The molecule has 1 aromatic heterocycles. The molecule has 0 aliphatic carbocycles. The summed E-state index contributed by atoms with van der Waals surface area (Å²) < 4.78 is 0.